The largest absolute Gasteiger partial charge is 0.489 e. The van der Waals surface area contributed by atoms with Gasteiger partial charge in [-0.1, -0.05) is 42.5 Å². The van der Waals surface area contributed by atoms with Crippen LogP contribution in [0.1, 0.15) is 5.56 Å². The van der Waals surface area contributed by atoms with Crippen molar-refractivity contribution >= 4 is 20.8 Å². The van der Waals surface area contributed by atoms with Gasteiger partial charge in [0.1, 0.15) is 12.4 Å². The topological polar surface area (TPSA) is 69.4 Å². The first-order chi connectivity index (χ1) is 10.5. The highest BCUT2D eigenvalue weighted by molar-refractivity contribution is 7.89. The SMILES string of the molecule is NS(=O)(=O)c1ccc(OCc2cccc3ccccc23)cc1. The van der Waals surface area contributed by atoms with Gasteiger partial charge in [-0.05, 0) is 40.6 Å². The lowest BCUT2D eigenvalue weighted by molar-refractivity contribution is 0.307. The first-order valence-electron chi connectivity index (χ1n) is 6.76. The number of hydrogen-bond acceptors (Lipinski definition) is 3. The summed E-state index contributed by atoms with van der Waals surface area (Å²) in [5.41, 5.74) is 1.08. The first-order valence-corrected chi connectivity index (χ1v) is 8.31. The van der Waals surface area contributed by atoms with Crippen molar-refractivity contribution in [2.75, 3.05) is 0 Å². The van der Waals surface area contributed by atoms with Crippen molar-refractivity contribution in [2.45, 2.75) is 11.5 Å². The number of nitrogens with two attached hydrogens (primary N) is 1. The Hall–Kier alpha value is -2.37. The molecular formula is C17H15NO3S. The minimum atomic E-state index is -3.67. The fourth-order valence-corrected chi connectivity index (χ4v) is 2.82. The lowest BCUT2D eigenvalue weighted by Crippen LogP contribution is -2.11. The third kappa shape index (κ3) is 3.10. The smallest absolute Gasteiger partial charge is 0.238 e. The molecule has 0 unspecified atom stereocenters. The summed E-state index contributed by atoms with van der Waals surface area (Å²) in [5, 5.41) is 7.37. The molecule has 0 saturated carbocycles. The van der Waals surface area contributed by atoms with E-state index in [9.17, 15) is 8.42 Å². The van der Waals surface area contributed by atoms with Crippen LogP contribution < -0.4 is 9.88 Å². The number of rotatable bonds is 4. The molecule has 0 heterocycles. The van der Waals surface area contributed by atoms with E-state index in [4.69, 9.17) is 9.88 Å². The predicted molar refractivity (Wildman–Crippen MR) is 86.1 cm³/mol. The van der Waals surface area contributed by atoms with Gasteiger partial charge < -0.3 is 4.74 Å². The van der Waals surface area contributed by atoms with Gasteiger partial charge in [0.15, 0.2) is 0 Å². The predicted octanol–water partition coefficient (Wildman–Crippen LogP) is 3.07. The van der Waals surface area contributed by atoms with Crippen LogP contribution in [-0.4, -0.2) is 8.42 Å². The van der Waals surface area contributed by atoms with E-state index in [2.05, 4.69) is 18.2 Å². The van der Waals surface area contributed by atoms with Gasteiger partial charge in [0.25, 0.3) is 0 Å². The van der Waals surface area contributed by atoms with Crippen LogP contribution in [0.15, 0.2) is 71.6 Å². The molecule has 0 aliphatic carbocycles. The van der Waals surface area contributed by atoms with Crippen LogP contribution in [-0.2, 0) is 16.6 Å². The van der Waals surface area contributed by atoms with Gasteiger partial charge in [-0.15, -0.1) is 0 Å². The summed E-state index contributed by atoms with van der Waals surface area (Å²) in [6.45, 7) is 0.413. The molecule has 0 atom stereocenters. The average Bonchev–Trinajstić information content (AvgIpc) is 2.52. The molecule has 0 fully saturated rings. The van der Waals surface area contributed by atoms with Gasteiger partial charge in [-0.25, -0.2) is 13.6 Å². The molecule has 5 heteroatoms. The number of sulfonamides is 1. The van der Waals surface area contributed by atoms with Crippen LogP contribution in [0.25, 0.3) is 10.8 Å². The van der Waals surface area contributed by atoms with E-state index in [1.165, 1.54) is 12.1 Å². The van der Waals surface area contributed by atoms with E-state index < -0.39 is 10.0 Å². The molecule has 0 radical (unpaired) electrons. The highest BCUT2D eigenvalue weighted by Gasteiger charge is 2.07. The Bertz CT molecular complexity index is 897. The molecule has 0 spiro atoms. The molecule has 0 amide bonds. The second-order valence-corrected chi connectivity index (χ2v) is 6.50. The number of hydrogen-bond donors (Lipinski definition) is 1. The maximum atomic E-state index is 11.2. The van der Waals surface area contributed by atoms with Gasteiger partial charge >= 0.3 is 0 Å². The van der Waals surface area contributed by atoms with Crippen molar-refractivity contribution in [2.24, 2.45) is 5.14 Å². The van der Waals surface area contributed by atoms with E-state index in [-0.39, 0.29) is 4.90 Å². The molecule has 112 valence electrons. The zero-order chi connectivity index (χ0) is 15.6. The molecule has 0 bridgehead atoms. The third-order valence-electron chi connectivity index (χ3n) is 3.43. The van der Waals surface area contributed by atoms with Gasteiger partial charge in [0.05, 0.1) is 4.90 Å². The molecule has 3 aromatic rings. The van der Waals surface area contributed by atoms with Crippen LogP contribution in [0.4, 0.5) is 0 Å². The molecule has 3 aromatic carbocycles. The number of benzene rings is 3. The van der Waals surface area contributed by atoms with Crippen molar-refractivity contribution in [1.82, 2.24) is 0 Å². The van der Waals surface area contributed by atoms with Crippen molar-refractivity contribution in [3.63, 3.8) is 0 Å². The van der Waals surface area contributed by atoms with Crippen molar-refractivity contribution < 1.29 is 13.2 Å². The summed E-state index contributed by atoms with van der Waals surface area (Å²) in [4.78, 5) is 0.0741. The Kier molecular flexibility index (Phi) is 3.83. The lowest BCUT2D eigenvalue weighted by Gasteiger charge is -2.09. The summed E-state index contributed by atoms with van der Waals surface area (Å²) in [6.07, 6.45) is 0. The fraction of sp³-hybridized carbons (Fsp3) is 0.0588. The second kappa shape index (κ2) is 5.79. The Morgan fingerprint density at radius 2 is 1.55 bits per heavy atom. The summed E-state index contributed by atoms with van der Waals surface area (Å²) in [5.74, 6) is 0.598. The van der Waals surface area contributed by atoms with Gasteiger partial charge in [0, 0.05) is 0 Å². The molecule has 0 aliphatic heterocycles. The molecule has 0 aliphatic rings. The zero-order valence-electron chi connectivity index (χ0n) is 11.8. The van der Waals surface area contributed by atoms with E-state index in [0.29, 0.717) is 12.4 Å². The normalized spacial score (nSPS) is 11.5. The summed E-state index contributed by atoms with van der Waals surface area (Å²) in [7, 11) is -3.67. The molecule has 2 N–H and O–H groups in total. The molecule has 0 aromatic heterocycles. The third-order valence-corrected chi connectivity index (χ3v) is 4.36. The summed E-state index contributed by atoms with van der Waals surface area (Å²) >= 11 is 0. The maximum Gasteiger partial charge on any atom is 0.238 e. The minimum Gasteiger partial charge on any atom is -0.489 e. The van der Waals surface area contributed by atoms with Crippen molar-refractivity contribution in [1.29, 1.82) is 0 Å². The summed E-state index contributed by atoms with van der Waals surface area (Å²) < 4.78 is 28.1. The van der Waals surface area contributed by atoms with E-state index in [1.807, 2.05) is 24.3 Å². The van der Waals surface area contributed by atoms with Crippen LogP contribution in [0, 0.1) is 0 Å². The van der Waals surface area contributed by atoms with E-state index in [0.717, 1.165) is 16.3 Å². The molecule has 3 rings (SSSR count). The highest BCUT2D eigenvalue weighted by Crippen LogP contribution is 2.21. The van der Waals surface area contributed by atoms with Crippen LogP contribution >= 0.6 is 0 Å². The Morgan fingerprint density at radius 3 is 2.27 bits per heavy atom. The van der Waals surface area contributed by atoms with Gasteiger partial charge in [-0.2, -0.15) is 0 Å². The number of fused-ring (bicyclic) bond motifs is 1. The maximum absolute atomic E-state index is 11.2. The van der Waals surface area contributed by atoms with E-state index >= 15 is 0 Å². The molecule has 4 nitrogen and oxygen atoms in total. The quantitative estimate of drug-likeness (QED) is 0.805. The Morgan fingerprint density at radius 1 is 0.864 bits per heavy atom. The second-order valence-electron chi connectivity index (χ2n) is 4.94. The number of primary sulfonamides is 1. The summed E-state index contributed by atoms with van der Waals surface area (Å²) in [6, 6.07) is 20.2. The monoisotopic (exact) mass is 313 g/mol. The molecule has 0 saturated heterocycles. The minimum absolute atomic E-state index is 0.0741. The van der Waals surface area contributed by atoms with Crippen molar-refractivity contribution in [3.8, 4) is 5.75 Å². The standard InChI is InChI=1S/C17H15NO3S/c18-22(19,20)16-10-8-15(9-11-16)21-12-14-6-3-5-13-4-1-2-7-17(13)14/h1-11H,12H2,(H2,18,19,20). The van der Waals surface area contributed by atoms with Crippen LogP contribution in [0.3, 0.4) is 0 Å². The fourth-order valence-electron chi connectivity index (χ4n) is 2.30. The van der Waals surface area contributed by atoms with Crippen LogP contribution in [0.2, 0.25) is 0 Å². The lowest BCUT2D eigenvalue weighted by atomic mass is 10.1. The van der Waals surface area contributed by atoms with E-state index in [1.54, 1.807) is 12.1 Å². The first kappa shape index (κ1) is 14.6. The van der Waals surface area contributed by atoms with Gasteiger partial charge in [0.2, 0.25) is 10.0 Å². The zero-order valence-corrected chi connectivity index (χ0v) is 12.6. The van der Waals surface area contributed by atoms with Crippen LogP contribution in [0.5, 0.6) is 5.75 Å². The molecular weight excluding hydrogens is 298 g/mol. The van der Waals surface area contributed by atoms with Gasteiger partial charge in [-0.3, -0.25) is 0 Å². The Labute approximate surface area is 129 Å². The Balaban J connectivity index is 1.80. The highest BCUT2D eigenvalue weighted by atomic mass is 32.2. The van der Waals surface area contributed by atoms with Crippen molar-refractivity contribution in [3.05, 3.63) is 72.3 Å². The molecule has 22 heavy (non-hydrogen) atoms. The average molecular weight is 313 g/mol. The number of ether oxygens (including phenoxy) is 1.